The minimum Gasteiger partial charge on any atom is -0.486 e. The van der Waals surface area contributed by atoms with Crippen LogP contribution in [0.15, 0.2) is 76.8 Å². The molecule has 1 saturated heterocycles. The van der Waals surface area contributed by atoms with Gasteiger partial charge in [0, 0.05) is 5.56 Å². The van der Waals surface area contributed by atoms with Gasteiger partial charge in [-0.1, -0.05) is 48.0 Å². The lowest BCUT2D eigenvalue weighted by Gasteiger charge is -2.14. The molecule has 0 aliphatic carbocycles. The van der Waals surface area contributed by atoms with Crippen LogP contribution in [0.25, 0.3) is 6.08 Å². The van der Waals surface area contributed by atoms with Crippen LogP contribution in [0, 0.1) is 11.3 Å². The molecule has 1 heterocycles. The molecule has 1 fully saturated rings. The molecule has 0 spiro atoms. The summed E-state index contributed by atoms with van der Waals surface area (Å²) >= 11 is 9.85. The molecular formula is C24H15BrClN3O3. The maximum absolute atomic E-state index is 12.8. The number of nitrogens with one attached hydrogen (secondary N) is 1. The number of ether oxygens (including phenoxy) is 1. The predicted octanol–water partition coefficient (Wildman–Crippen LogP) is 5.01. The summed E-state index contributed by atoms with van der Waals surface area (Å²) in [7, 11) is 0. The van der Waals surface area contributed by atoms with Gasteiger partial charge in [-0.3, -0.25) is 15.0 Å². The fourth-order valence-electron chi connectivity index (χ4n) is 3.19. The summed E-state index contributed by atoms with van der Waals surface area (Å²) in [5.74, 6) is -0.559. The molecule has 3 aromatic rings. The Labute approximate surface area is 197 Å². The van der Waals surface area contributed by atoms with Crippen LogP contribution < -0.4 is 15.2 Å². The normalized spacial score (nSPS) is 14.4. The van der Waals surface area contributed by atoms with E-state index in [4.69, 9.17) is 16.3 Å². The van der Waals surface area contributed by atoms with Crippen LogP contribution in [0.4, 0.5) is 5.69 Å². The monoisotopic (exact) mass is 507 g/mol. The van der Waals surface area contributed by atoms with Gasteiger partial charge in [-0.25, -0.2) is 5.01 Å². The number of hydrogen-bond donors (Lipinski definition) is 1. The minimum absolute atomic E-state index is 0.00608. The van der Waals surface area contributed by atoms with Crippen LogP contribution in [0.3, 0.4) is 0 Å². The number of nitrogens with zero attached hydrogens (tertiary/aromatic N) is 2. The standard InChI is InChI=1S/C24H15BrClN3O3/c25-20-11-15(10-19-23(30)28-29(24(19)31)18-8-2-1-3-9-18)12-21(26)22(20)32-14-17-7-5-4-6-16(17)13-27/h1-12H,14H2,(H,28,30)/b19-10-. The fraction of sp³-hybridized carbons (Fsp3) is 0.0417. The van der Waals surface area contributed by atoms with Crippen molar-refractivity contribution in [2.75, 3.05) is 5.01 Å². The summed E-state index contributed by atoms with van der Waals surface area (Å²) in [6, 6.07) is 21.4. The molecular weight excluding hydrogens is 494 g/mol. The summed E-state index contributed by atoms with van der Waals surface area (Å²) in [6.45, 7) is 0.162. The van der Waals surface area contributed by atoms with Gasteiger partial charge in [0.2, 0.25) is 0 Å². The number of hydrogen-bond acceptors (Lipinski definition) is 4. The van der Waals surface area contributed by atoms with E-state index in [9.17, 15) is 14.9 Å². The minimum atomic E-state index is -0.500. The van der Waals surface area contributed by atoms with Crippen LogP contribution >= 0.6 is 27.5 Å². The molecule has 0 radical (unpaired) electrons. The third-order valence-electron chi connectivity index (χ3n) is 4.75. The molecule has 1 N–H and O–H groups in total. The number of amides is 2. The molecule has 8 heteroatoms. The highest BCUT2D eigenvalue weighted by Gasteiger charge is 2.34. The molecule has 32 heavy (non-hydrogen) atoms. The summed E-state index contributed by atoms with van der Waals surface area (Å²) in [5.41, 5.74) is 4.93. The first-order chi connectivity index (χ1) is 15.5. The van der Waals surface area contributed by atoms with Gasteiger partial charge in [0.15, 0.2) is 5.75 Å². The van der Waals surface area contributed by atoms with Gasteiger partial charge in [0.25, 0.3) is 11.8 Å². The highest BCUT2D eigenvalue weighted by molar-refractivity contribution is 9.10. The van der Waals surface area contributed by atoms with Crippen LogP contribution in [0.1, 0.15) is 16.7 Å². The van der Waals surface area contributed by atoms with E-state index in [1.807, 2.05) is 18.2 Å². The molecule has 0 unspecified atom stereocenters. The van der Waals surface area contributed by atoms with Crippen molar-refractivity contribution in [3.63, 3.8) is 0 Å². The molecule has 1 aliphatic rings. The Kier molecular flexibility index (Phi) is 6.26. The third-order valence-corrected chi connectivity index (χ3v) is 5.62. The molecule has 6 nitrogen and oxygen atoms in total. The summed E-state index contributed by atoms with van der Waals surface area (Å²) in [6.07, 6.45) is 1.48. The number of nitriles is 1. The summed E-state index contributed by atoms with van der Waals surface area (Å²) in [4.78, 5) is 25.1. The van der Waals surface area contributed by atoms with Crippen molar-refractivity contribution in [2.45, 2.75) is 6.61 Å². The van der Waals surface area contributed by atoms with Crippen molar-refractivity contribution in [3.05, 3.63) is 98.5 Å². The van der Waals surface area contributed by atoms with Crippen molar-refractivity contribution >= 4 is 51.1 Å². The molecule has 2 amide bonds. The Morgan fingerprint density at radius 1 is 1.09 bits per heavy atom. The van der Waals surface area contributed by atoms with Crippen LogP contribution in [-0.2, 0) is 16.2 Å². The Morgan fingerprint density at radius 2 is 1.81 bits per heavy atom. The lowest BCUT2D eigenvalue weighted by atomic mass is 10.1. The second kappa shape index (κ2) is 9.27. The first-order valence-electron chi connectivity index (χ1n) is 9.50. The molecule has 4 rings (SSSR count). The van der Waals surface area contributed by atoms with E-state index in [2.05, 4.69) is 27.4 Å². The Morgan fingerprint density at radius 3 is 2.53 bits per heavy atom. The maximum atomic E-state index is 12.8. The first-order valence-corrected chi connectivity index (χ1v) is 10.7. The van der Waals surface area contributed by atoms with E-state index < -0.39 is 11.8 Å². The SMILES string of the molecule is N#Cc1ccccc1COc1c(Cl)cc(/C=C2/C(=O)NN(c3ccccc3)C2=O)cc1Br. The largest absolute Gasteiger partial charge is 0.486 e. The smallest absolute Gasteiger partial charge is 0.282 e. The van der Waals surface area contributed by atoms with E-state index in [1.165, 1.54) is 11.1 Å². The number of rotatable bonds is 5. The lowest BCUT2D eigenvalue weighted by molar-refractivity contribution is -0.117. The van der Waals surface area contributed by atoms with Gasteiger partial charge in [0.1, 0.15) is 12.2 Å². The highest BCUT2D eigenvalue weighted by atomic mass is 79.9. The van der Waals surface area contributed by atoms with E-state index in [0.29, 0.717) is 32.1 Å². The quantitative estimate of drug-likeness (QED) is 0.388. The summed E-state index contributed by atoms with van der Waals surface area (Å²) in [5, 5.41) is 10.7. The molecule has 158 valence electrons. The average molecular weight is 509 g/mol. The number of carbonyl (C=O) groups is 2. The fourth-order valence-corrected chi connectivity index (χ4v) is 4.18. The molecule has 0 atom stereocenters. The average Bonchev–Trinajstić information content (AvgIpc) is 3.07. The van der Waals surface area contributed by atoms with E-state index in [-0.39, 0.29) is 12.2 Å². The zero-order chi connectivity index (χ0) is 22.7. The van der Waals surface area contributed by atoms with Crippen molar-refractivity contribution in [3.8, 4) is 11.8 Å². The maximum Gasteiger partial charge on any atom is 0.282 e. The molecule has 3 aromatic carbocycles. The van der Waals surface area contributed by atoms with Gasteiger partial charge in [0.05, 0.1) is 26.8 Å². The topological polar surface area (TPSA) is 82.4 Å². The van der Waals surface area contributed by atoms with E-state index >= 15 is 0 Å². The lowest BCUT2D eigenvalue weighted by Crippen LogP contribution is -2.35. The number of anilines is 1. The summed E-state index contributed by atoms with van der Waals surface area (Å²) < 4.78 is 6.39. The van der Waals surface area contributed by atoms with Gasteiger partial charge in [-0.2, -0.15) is 5.26 Å². The highest BCUT2D eigenvalue weighted by Crippen LogP contribution is 2.36. The zero-order valence-corrected chi connectivity index (χ0v) is 18.9. The van der Waals surface area contributed by atoms with E-state index in [0.717, 1.165) is 5.56 Å². The Bertz CT molecular complexity index is 1260. The molecule has 0 bridgehead atoms. The number of benzene rings is 3. The van der Waals surface area contributed by atoms with E-state index in [1.54, 1.807) is 48.5 Å². The van der Waals surface area contributed by atoms with Gasteiger partial charge in [-0.05, 0) is 57.9 Å². The van der Waals surface area contributed by atoms with Gasteiger partial charge in [-0.15, -0.1) is 0 Å². The second-order valence-electron chi connectivity index (χ2n) is 6.85. The van der Waals surface area contributed by atoms with Crippen molar-refractivity contribution < 1.29 is 14.3 Å². The van der Waals surface area contributed by atoms with Crippen molar-refractivity contribution in [1.29, 1.82) is 5.26 Å². The predicted molar refractivity (Wildman–Crippen MR) is 125 cm³/mol. The second-order valence-corrected chi connectivity index (χ2v) is 8.11. The number of hydrazine groups is 1. The number of halogens is 2. The zero-order valence-electron chi connectivity index (χ0n) is 16.5. The Hall–Kier alpha value is -3.60. The number of carbonyl (C=O) groups excluding carboxylic acids is 2. The number of para-hydroxylation sites is 1. The van der Waals surface area contributed by atoms with Crippen molar-refractivity contribution in [1.82, 2.24) is 5.43 Å². The van der Waals surface area contributed by atoms with Crippen LogP contribution in [-0.4, -0.2) is 11.8 Å². The van der Waals surface area contributed by atoms with Gasteiger partial charge >= 0.3 is 0 Å². The molecule has 0 aromatic heterocycles. The van der Waals surface area contributed by atoms with Crippen molar-refractivity contribution in [2.24, 2.45) is 0 Å². The Balaban J connectivity index is 1.57. The molecule has 0 saturated carbocycles. The third kappa shape index (κ3) is 4.37. The van der Waals surface area contributed by atoms with Gasteiger partial charge < -0.3 is 4.74 Å². The molecule has 1 aliphatic heterocycles. The van der Waals surface area contributed by atoms with Crippen LogP contribution in [0.5, 0.6) is 5.75 Å². The van der Waals surface area contributed by atoms with Crippen LogP contribution in [0.2, 0.25) is 5.02 Å². The first kappa shape index (κ1) is 21.6.